The lowest BCUT2D eigenvalue weighted by Crippen LogP contribution is -2.46. The van der Waals surface area contributed by atoms with E-state index in [1.165, 1.54) is 36.8 Å². The van der Waals surface area contributed by atoms with Crippen LogP contribution in [-0.4, -0.2) is 60.6 Å². The number of hydrogen-bond donors (Lipinski definition) is 0. The minimum Gasteiger partial charge on any atom is -0.376 e. The topological polar surface area (TPSA) is 32.8 Å². The standard InChI is InChI=1S/C25H36N2O2/c1-19(2)14-25(28)27(18-24-8-5-13-29-24)17-20-9-11-26(12-10-20)23-15-21-6-3-4-7-22(21)16-23/h3-4,6-7,14,20,23-24H,5,8-13,15-18H2,1-2H3. The number of amides is 1. The second-order valence-electron chi connectivity index (χ2n) is 9.41. The lowest BCUT2D eigenvalue weighted by molar-refractivity contribution is -0.128. The number of benzene rings is 1. The lowest BCUT2D eigenvalue weighted by atomic mass is 9.94. The highest BCUT2D eigenvalue weighted by Crippen LogP contribution is 2.29. The molecule has 0 N–H and O–H groups in total. The summed E-state index contributed by atoms with van der Waals surface area (Å²) < 4.78 is 5.82. The number of rotatable bonds is 6. The lowest BCUT2D eigenvalue weighted by Gasteiger charge is -2.38. The first-order chi connectivity index (χ1) is 14.1. The molecule has 0 bridgehead atoms. The van der Waals surface area contributed by atoms with Crippen LogP contribution in [0.5, 0.6) is 0 Å². The molecule has 4 heteroatoms. The number of hydrogen-bond acceptors (Lipinski definition) is 3. The molecule has 0 aromatic heterocycles. The first kappa shape index (κ1) is 20.6. The van der Waals surface area contributed by atoms with Crippen molar-refractivity contribution < 1.29 is 9.53 Å². The van der Waals surface area contributed by atoms with Crippen LogP contribution in [0.2, 0.25) is 0 Å². The third-order valence-electron chi connectivity index (χ3n) is 6.85. The molecule has 1 aromatic carbocycles. The Labute approximate surface area is 175 Å². The Morgan fingerprint density at radius 2 is 1.79 bits per heavy atom. The highest BCUT2D eigenvalue weighted by Gasteiger charge is 2.31. The van der Waals surface area contributed by atoms with E-state index < -0.39 is 0 Å². The maximum atomic E-state index is 12.8. The average Bonchev–Trinajstić information content (AvgIpc) is 3.37. The van der Waals surface area contributed by atoms with Crippen molar-refractivity contribution in [2.45, 2.75) is 64.5 Å². The minimum absolute atomic E-state index is 0.161. The van der Waals surface area contributed by atoms with E-state index in [0.717, 1.165) is 51.2 Å². The fourth-order valence-corrected chi connectivity index (χ4v) is 5.23. The van der Waals surface area contributed by atoms with E-state index in [9.17, 15) is 4.79 Å². The van der Waals surface area contributed by atoms with Crippen LogP contribution >= 0.6 is 0 Å². The number of nitrogens with zero attached hydrogens (tertiary/aromatic N) is 2. The minimum atomic E-state index is 0.161. The third kappa shape index (κ3) is 5.29. The number of allylic oxidation sites excluding steroid dienone is 1. The average molecular weight is 397 g/mol. The van der Waals surface area contributed by atoms with Gasteiger partial charge in [-0.15, -0.1) is 0 Å². The van der Waals surface area contributed by atoms with E-state index in [1.807, 2.05) is 13.8 Å². The van der Waals surface area contributed by atoms with Crippen molar-refractivity contribution in [2.75, 3.05) is 32.8 Å². The van der Waals surface area contributed by atoms with Gasteiger partial charge in [-0.05, 0) is 82.5 Å². The molecule has 2 aliphatic heterocycles. The molecule has 4 rings (SSSR count). The maximum absolute atomic E-state index is 12.8. The Balaban J connectivity index is 1.30. The van der Waals surface area contributed by atoms with Crippen molar-refractivity contribution in [1.29, 1.82) is 0 Å². The number of piperidine rings is 1. The third-order valence-corrected chi connectivity index (χ3v) is 6.85. The molecular weight excluding hydrogens is 360 g/mol. The number of fused-ring (bicyclic) bond motifs is 1. The summed E-state index contributed by atoms with van der Waals surface area (Å²) in [5, 5.41) is 0. The molecule has 4 nitrogen and oxygen atoms in total. The molecule has 0 radical (unpaired) electrons. The van der Waals surface area contributed by atoms with Crippen molar-refractivity contribution in [3.63, 3.8) is 0 Å². The van der Waals surface area contributed by atoms with Gasteiger partial charge in [0.2, 0.25) is 5.91 Å². The van der Waals surface area contributed by atoms with Crippen LogP contribution in [0.1, 0.15) is 50.7 Å². The monoisotopic (exact) mass is 396 g/mol. The van der Waals surface area contributed by atoms with Gasteiger partial charge in [-0.2, -0.15) is 0 Å². The van der Waals surface area contributed by atoms with Crippen LogP contribution in [0.3, 0.4) is 0 Å². The van der Waals surface area contributed by atoms with Gasteiger partial charge in [0.1, 0.15) is 0 Å². The molecule has 1 unspecified atom stereocenters. The van der Waals surface area contributed by atoms with Gasteiger partial charge in [0.25, 0.3) is 0 Å². The molecule has 0 spiro atoms. The van der Waals surface area contributed by atoms with Gasteiger partial charge in [0, 0.05) is 31.8 Å². The highest BCUT2D eigenvalue weighted by atomic mass is 16.5. The first-order valence-electron chi connectivity index (χ1n) is 11.4. The molecule has 29 heavy (non-hydrogen) atoms. The molecule has 1 atom stereocenters. The maximum Gasteiger partial charge on any atom is 0.246 e. The summed E-state index contributed by atoms with van der Waals surface area (Å²) >= 11 is 0. The number of ether oxygens (including phenoxy) is 1. The summed E-state index contributed by atoms with van der Waals surface area (Å²) in [6, 6.07) is 9.59. The number of likely N-dealkylation sites (tertiary alicyclic amines) is 1. The van der Waals surface area contributed by atoms with Gasteiger partial charge in [-0.1, -0.05) is 29.8 Å². The van der Waals surface area contributed by atoms with Gasteiger partial charge in [-0.25, -0.2) is 0 Å². The number of carbonyl (C=O) groups excluding carboxylic acids is 1. The van der Waals surface area contributed by atoms with E-state index in [1.54, 1.807) is 6.08 Å². The van der Waals surface area contributed by atoms with E-state index in [2.05, 4.69) is 34.1 Å². The fraction of sp³-hybridized carbons (Fsp3) is 0.640. The predicted molar refractivity (Wildman–Crippen MR) is 117 cm³/mol. The molecule has 1 aromatic rings. The van der Waals surface area contributed by atoms with Gasteiger partial charge in [0.05, 0.1) is 6.10 Å². The molecule has 1 aliphatic carbocycles. The van der Waals surface area contributed by atoms with Crippen molar-refractivity contribution in [2.24, 2.45) is 5.92 Å². The molecule has 3 aliphatic rings. The molecule has 2 heterocycles. The Morgan fingerprint density at radius 1 is 1.10 bits per heavy atom. The Bertz CT molecular complexity index is 701. The highest BCUT2D eigenvalue weighted by molar-refractivity contribution is 5.88. The number of carbonyl (C=O) groups is 1. The largest absolute Gasteiger partial charge is 0.376 e. The van der Waals surface area contributed by atoms with Crippen LogP contribution in [0.15, 0.2) is 35.9 Å². The molecule has 2 fully saturated rings. The van der Waals surface area contributed by atoms with E-state index in [0.29, 0.717) is 12.0 Å². The van der Waals surface area contributed by atoms with Crippen molar-refractivity contribution in [3.05, 3.63) is 47.0 Å². The first-order valence-corrected chi connectivity index (χ1v) is 11.4. The predicted octanol–water partition coefficient (Wildman–Crippen LogP) is 3.84. The van der Waals surface area contributed by atoms with Crippen LogP contribution in [0.25, 0.3) is 0 Å². The molecular formula is C25H36N2O2. The zero-order chi connectivity index (χ0) is 20.2. The van der Waals surface area contributed by atoms with E-state index in [-0.39, 0.29) is 12.0 Å². The summed E-state index contributed by atoms with van der Waals surface area (Å²) in [4.78, 5) is 17.6. The second-order valence-corrected chi connectivity index (χ2v) is 9.41. The summed E-state index contributed by atoms with van der Waals surface area (Å²) in [6.07, 6.45) is 9.00. The van der Waals surface area contributed by atoms with Crippen molar-refractivity contribution >= 4 is 5.91 Å². The van der Waals surface area contributed by atoms with E-state index in [4.69, 9.17) is 4.74 Å². The molecule has 0 saturated carbocycles. The molecule has 2 saturated heterocycles. The van der Waals surface area contributed by atoms with Gasteiger partial charge >= 0.3 is 0 Å². The Hall–Kier alpha value is -1.65. The van der Waals surface area contributed by atoms with Gasteiger partial charge < -0.3 is 9.64 Å². The van der Waals surface area contributed by atoms with E-state index >= 15 is 0 Å². The fourth-order valence-electron chi connectivity index (χ4n) is 5.23. The Morgan fingerprint density at radius 3 is 2.38 bits per heavy atom. The SMILES string of the molecule is CC(C)=CC(=O)N(CC1CCN(C2Cc3ccccc3C2)CC1)CC1CCCO1. The van der Waals surface area contributed by atoms with Crippen LogP contribution in [-0.2, 0) is 22.4 Å². The summed E-state index contributed by atoms with van der Waals surface area (Å²) in [7, 11) is 0. The van der Waals surface area contributed by atoms with Crippen LogP contribution < -0.4 is 0 Å². The molecule has 1 amide bonds. The second kappa shape index (κ2) is 9.44. The summed E-state index contributed by atoms with van der Waals surface area (Å²) in [5.41, 5.74) is 4.15. The zero-order valence-corrected chi connectivity index (χ0v) is 18.1. The smallest absolute Gasteiger partial charge is 0.246 e. The zero-order valence-electron chi connectivity index (χ0n) is 18.1. The van der Waals surface area contributed by atoms with Gasteiger partial charge in [-0.3, -0.25) is 9.69 Å². The van der Waals surface area contributed by atoms with Crippen LogP contribution in [0.4, 0.5) is 0 Å². The van der Waals surface area contributed by atoms with Crippen molar-refractivity contribution in [3.8, 4) is 0 Å². The van der Waals surface area contributed by atoms with Gasteiger partial charge in [0.15, 0.2) is 0 Å². The van der Waals surface area contributed by atoms with Crippen LogP contribution in [0, 0.1) is 5.92 Å². The normalized spacial score (nSPS) is 23.2. The Kier molecular flexibility index (Phi) is 6.71. The molecule has 158 valence electrons. The van der Waals surface area contributed by atoms with Crippen molar-refractivity contribution in [1.82, 2.24) is 9.80 Å². The summed E-state index contributed by atoms with van der Waals surface area (Å²) in [5.74, 6) is 0.764. The quantitative estimate of drug-likeness (QED) is 0.685. The summed E-state index contributed by atoms with van der Waals surface area (Å²) in [6.45, 7) is 8.79.